The molecule has 0 heterocycles. The van der Waals surface area contributed by atoms with Gasteiger partial charge in [-0.15, -0.1) is 11.8 Å². The predicted molar refractivity (Wildman–Crippen MR) is 51.7 cm³/mol. The first-order valence-corrected chi connectivity index (χ1v) is 5.43. The summed E-state index contributed by atoms with van der Waals surface area (Å²) in [6.07, 6.45) is 6.30. The van der Waals surface area contributed by atoms with E-state index in [4.69, 9.17) is 5.26 Å². The summed E-state index contributed by atoms with van der Waals surface area (Å²) in [6.45, 7) is 4.27. The standard InChI is InChI=1S/C9H17NS/c1-4-6-9(8-10,11-3)7-5-2/h4-7H2,1-3H3. The second-order valence-electron chi connectivity index (χ2n) is 2.81. The molecule has 0 fully saturated rings. The Balaban J connectivity index is 4.11. The van der Waals surface area contributed by atoms with Crippen LogP contribution in [-0.4, -0.2) is 11.0 Å². The number of nitrogens with zero attached hydrogens (tertiary/aromatic N) is 1. The normalized spacial score (nSPS) is 11.1. The third-order valence-corrected chi connectivity index (χ3v) is 3.18. The van der Waals surface area contributed by atoms with E-state index < -0.39 is 0 Å². The van der Waals surface area contributed by atoms with Crippen LogP contribution in [-0.2, 0) is 0 Å². The van der Waals surface area contributed by atoms with Gasteiger partial charge in [-0.25, -0.2) is 0 Å². The molecule has 64 valence electrons. The molecule has 0 aromatic carbocycles. The minimum absolute atomic E-state index is 0.0937. The van der Waals surface area contributed by atoms with Crippen molar-refractivity contribution in [3.8, 4) is 6.07 Å². The van der Waals surface area contributed by atoms with Gasteiger partial charge in [0.05, 0.1) is 6.07 Å². The third-order valence-electron chi connectivity index (χ3n) is 1.90. The molecule has 0 radical (unpaired) electrons. The summed E-state index contributed by atoms with van der Waals surface area (Å²) in [5.74, 6) is 0. The lowest BCUT2D eigenvalue weighted by Crippen LogP contribution is -2.21. The highest BCUT2D eigenvalue weighted by Crippen LogP contribution is 2.32. The lowest BCUT2D eigenvalue weighted by molar-refractivity contribution is 0.585. The zero-order valence-corrected chi connectivity index (χ0v) is 8.50. The molecule has 0 bridgehead atoms. The number of thioether (sulfide) groups is 1. The van der Waals surface area contributed by atoms with Crippen LogP contribution in [0.2, 0.25) is 0 Å². The van der Waals surface area contributed by atoms with Crippen molar-refractivity contribution < 1.29 is 0 Å². The largest absolute Gasteiger partial charge is 0.197 e. The molecule has 0 unspecified atom stereocenters. The van der Waals surface area contributed by atoms with Crippen LogP contribution in [0.5, 0.6) is 0 Å². The van der Waals surface area contributed by atoms with Crippen molar-refractivity contribution in [1.82, 2.24) is 0 Å². The van der Waals surface area contributed by atoms with Gasteiger partial charge in [-0.3, -0.25) is 0 Å². The van der Waals surface area contributed by atoms with Crippen molar-refractivity contribution >= 4 is 11.8 Å². The first-order valence-electron chi connectivity index (χ1n) is 4.21. The van der Waals surface area contributed by atoms with E-state index in [1.165, 1.54) is 0 Å². The van der Waals surface area contributed by atoms with E-state index in [-0.39, 0.29) is 4.75 Å². The Morgan fingerprint density at radius 3 is 1.91 bits per heavy atom. The van der Waals surface area contributed by atoms with E-state index in [1.807, 2.05) is 6.26 Å². The number of hydrogen-bond donors (Lipinski definition) is 0. The molecule has 0 aliphatic rings. The summed E-state index contributed by atoms with van der Waals surface area (Å²) in [5.41, 5.74) is 0. The van der Waals surface area contributed by atoms with Crippen molar-refractivity contribution in [2.45, 2.75) is 44.3 Å². The molecule has 11 heavy (non-hydrogen) atoms. The molecule has 0 atom stereocenters. The first kappa shape index (κ1) is 10.8. The lowest BCUT2D eigenvalue weighted by Gasteiger charge is -2.22. The third kappa shape index (κ3) is 3.16. The molecule has 0 aromatic heterocycles. The summed E-state index contributed by atoms with van der Waals surface area (Å²) in [4.78, 5) is 0. The first-order chi connectivity index (χ1) is 5.24. The van der Waals surface area contributed by atoms with Gasteiger partial charge >= 0.3 is 0 Å². The van der Waals surface area contributed by atoms with Gasteiger partial charge in [0.1, 0.15) is 4.75 Å². The minimum Gasteiger partial charge on any atom is -0.197 e. The highest BCUT2D eigenvalue weighted by Gasteiger charge is 2.26. The van der Waals surface area contributed by atoms with E-state index in [2.05, 4.69) is 19.9 Å². The highest BCUT2D eigenvalue weighted by molar-refractivity contribution is 8.00. The zero-order chi connectivity index (χ0) is 8.74. The Labute approximate surface area is 74.2 Å². The predicted octanol–water partition coefficient (Wildman–Crippen LogP) is 3.21. The van der Waals surface area contributed by atoms with Gasteiger partial charge < -0.3 is 0 Å². The summed E-state index contributed by atoms with van der Waals surface area (Å²) in [6, 6.07) is 2.43. The monoisotopic (exact) mass is 171 g/mol. The van der Waals surface area contributed by atoms with Crippen LogP contribution in [0.4, 0.5) is 0 Å². The van der Waals surface area contributed by atoms with Gasteiger partial charge in [0.15, 0.2) is 0 Å². The average molecular weight is 171 g/mol. The average Bonchev–Trinajstić information content (AvgIpc) is 2.04. The molecule has 0 aliphatic carbocycles. The number of rotatable bonds is 5. The molecule has 1 nitrogen and oxygen atoms in total. The van der Waals surface area contributed by atoms with E-state index in [9.17, 15) is 0 Å². The maximum atomic E-state index is 8.97. The summed E-state index contributed by atoms with van der Waals surface area (Å²) in [5, 5.41) is 8.97. The molecule has 0 saturated carbocycles. The number of hydrogen-bond acceptors (Lipinski definition) is 2. The fraction of sp³-hybridized carbons (Fsp3) is 0.889. The van der Waals surface area contributed by atoms with Crippen LogP contribution in [0.15, 0.2) is 0 Å². The van der Waals surface area contributed by atoms with E-state index >= 15 is 0 Å². The molecule has 0 rings (SSSR count). The summed E-state index contributed by atoms with van der Waals surface area (Å²) in [7, 11) is 0. The van der Waals surface area contributed by atoms with Crippen LogP contribution in [0.1, 0.15) is 39.5 Å². The minimum atomic E-state index is -0.0937. The van der Waals surface area contributed by atoms with Gasteiger partial charge in [-0.05, 0) is 19.1 Å². The van der Waals surface area contributed by atoms with Crippen LogP contribution in [0, 0.1) is 11.3 Å². The second-order valence-corrected chi connectivity index (χ2v) is 4.00. The molecule has 2 heteroatoms. The van der Waals surface area contributed by atoms with Gasteiger partial charge in [0.25, 0.3) is 0 Å². The van der Waals surface area contributed by atoms with E-state index in [0.717, 1.165) is 25.7 Å². The molecular formula is C9H17NS. The van der Waals surface area contributed by atoms with Crippen LogP contribution in [0.3, 0.4) is 0 Å². The van der Waals surface area contributed by atoms with Crippen LogP contribution >= 0.6 is 11.8 Å². The quantitative estimate of drug-likeness (QED) is 0.634. The molecule has 0 amide bonds. The Bertz CT molecular complexity index is 131. The SMILES string of the molecule is CCCC(C#N)(CCC)SC. The van der Waals surface area contributed by atoms with Gasteiger partial charge in [-0.2, -0.15) is 5.26 Å². The van der Waals surface area contributed by atoms with Crippen molar-refractivity contribution in [1.29, 1.82) is 5.26 Å². The Hall–Kier alpha value is -0.160. The zero-order valence-electron chi connectivity index (χ0n) is 7.68. The van der Waals surface area contributed by atoms with Crippen molar-refractivity contribution in [3.05, 3.63) is 0 Å². The van der Waals surface area contributed by atoms with Crippen LogP contribution in [0.25, 0.3) is 0 Å². The maximum Gasteiger partial charge on any atom is 0.102 e. The Kier molecular flexibility index (Phi) is 5.41. The van der Waals surface area contributed by atoms with E-state index in [1.54, 1.807) is 11.8 Å². The Morgan fingerprint density at radius 1 is 1.27 bits per heavy atom. The van der Waals surface area contributed by atoms with Crippen LogP contribution < -0.4 is 0 Å². The van der Waals surface area contributed by atoms with Crippen molar-refractivity contribution in [2.24, 2.45) is 0 Å². The van der Waals surface area contributed by atoms with Gasteiger partial charge in [0.2, 0.25) is 0 Å². The second kappa shape index (κ2) is 5.49. The van der Waals surface area contributed by atoms with Crippen molar-refractivity contribution in [2.75, 3.05) is 6.26 Å². The molecule has 0 spiro atoms. The van der Waals surface area contributed by atoms with E-state index in [0.29, 0.717) is 0 Å². The molecule has 0 N–H and O–H groups in total. The highest BCUT2D eigenvalue weighted by atomic mass is 32.2. The van der Waals surface area contributed by atoms with Crippen molar-refractivity contribution in [3.63, 3.8) is 0 Å². The van der Waals surface area contributed by atoms with Gasteiger partial charge in [-0.1, -0.05) is 26.7 Å². The Morgan fingerprint density at radius 2 is 1.73 bits per heavy atom. The molecule has 0 aliphatic heterocycles. The molecule has 0 saturated heterocycles. The van der Waals surface area contributed by atoms with Gasteiger partial charge in [0, 0.05) is 0 Å². The lowest BCUT2D eigenvalue weighted by atomic mass is 9.99. The molecular weight excluding hydrogens is 154 g/mol. The summed E-state index contributed by atoms with van der Waals surface area (Å²) < 4.78 is -0.0937. The molecule has 0 aromatic rings. The summed E-state index contributed by atoms with van der Waals surface area (Å²) >= 11 is 1.71. The smallest absolute Gasteiger partial charge is 0.102 e. The topological polar surface area (TPSA) is 23.8 Å². The maximum absolute atomic E-state index is 8.97. The fourth-order valence-corrected chi connectivity index (χ4v) is 2.20. The number of nitriles is 1. The fourth-order valence-electron chi connectivity index (χ4n) is 1.29.